The predicted molar refractivity (Wildman–Crippen MR) is 91.2 cm³/mol. The fourth-order valence-electron chi connectivity index (χ4n) is 2.15. The number of fused-ring (bicyclic) bond motifs is 1. The van der Waals surface area contributed by atoms with E-state index < -0.39 is 0 Å². The first kappa shape index (κ1) is 13.5. The highest BCUT2D eigenvalue weighted by Gasteiger charge is 2.03. The van der Waals surface area contributed by atoms with Gasteiger partial charge in [0.05, 0.1) is 0 Å². The number of hydrogen-bond donors (Lipinski definition) is 2. The maximum atomic E-state index is 5.34. The smallest absolute Gasteiger partial charge is 0.172 e. The number of nitrogens with one attached hydrogen (secondary N) is 2. The average Bonchev–Trinajstić information content (AvgIpc) is 2.54. The van der Waals surface area contributed by atoms with Crippen molar-refractivity contribution in [3.05, 3.63) is 72.4 Å². The third kappa shape index (κ3) is 3.35. The molecule has 0 bridgehead atoms. The summed E-state index contributed by atoms with van der Waals surface area (Å²) in [6, 6.07) is 20.2. The minimum atomic E-state index is 0.572. The zero-order valence-corrected chi connectivity index (χ0v) is 12.2. The monoisotopic (exact) mass is 293 g/mol. The summed E-state index contributed by atoms with van der Waals surface area (Å²) >= 11 is 5.34. The van der Waals surface area contributed by atoms with Crippen molar-refractivity contribution in [2.45, 2.75) is 6.54 Å². The van der Waals surface area contributed by atoms with Crippen molar-refractivity contribution in [2.24, 2.45) is 0 Å². The zero-order valence-electron chi connectivity index (χ0n) is 11.4. The molecule has 0 saturated carbocycles. The Balaban J connectivity index is 1.69. The molecule has 0 fully saturated rings. The molecule has 0 spiro atoms. The summed E-state index contributed by atoms with van der Waals surface area (Å²) in [5.74, 6) is 0.777. The molecule has 0 atom stereocenters. The van der Waals surface area contributed by atoms with Crippen LogP contribution in [0.5, 0.6) is 0 Å². The van der Waals surface area contributed by atoms with Crippen molar-refractivity contribution in [3.63, 3.8) is 0 Å². The Hall–Kier alpha value is -2.46. The van der Waals surface area contributed by atoms with E-state index in [0.717, 1.165) is 16.6 Å². The topological polar surface area (TPSA) is 37.0 Å². The molecular weight excluding hydrogens is 278 g/mol. The van der Waals surface area contributed by atoms with Gasteiger partial charge < -0.3 is 10.6 Å². The Labute approximate surface area is 129 Å². The molecule has 0 unspecified atom stereocenters. The lowest BCUT2D eigenvalue weighted by Crippen LogP contribution is -2.28. The normalized spacial score (nSPS) is 10.3. The number of benzene rings is 2. The molecule has 0 saturated heterocycles. The number of nitrogens with zero attached hydrogens (tertiary/aromatic N) is 1. The van der Waals surface area contributed by atoms with Gasteiger partial charge in [0, 0.05) is 18.1 Å². The van der Waals surface area contributed by atoms with E-state index in [-0.39, 0.29) is 0 Å². The number of pyridine rings is 1. The number of hydrogen-bond acceptors (Lipinski definition) is 2. The second-order valence-corrected chi connectivity index (χ2v) is 5.08. The van der Waals surface area contributed by atoms with E-state index in [0.29, 0.717) is 11.7 Å². The average molecular weight is 293 g/mol. The van der Waals surface area contributed by atoms with Gasteiger partial charge >= 0.3 is 0 Å². The first-order valence-corrected chi connectivity index (χ1v) is 7.16. The quantitative estimate of drug-likeness (QED) is 0.722. The fraction of sp³-hybridized carbons (Fsp3) is 0.0588. The number of aromatic nitrogens is 1. The van der Waals surface area contributed by atoms with Crippen LogP contribution in [0.2, 0.25) is 0 Å². The molecule has 0 aliphatic rings. The van der Waals surface area contributed by atoms with Gasteiger partial charge in [-0.05, 0) is 29.2 Å². The van der Waals surface area contributed by atoms with E-state index in [9.17, 15) is 0 Å². The maximum Gasteiger partial charge on any atom is 0.172 e. The predicted octanol–water partition coefficient (Wildman–Crippen LogP) is 3.72. The van der Waals surface area contributed by atoms with Crippen LogP contribution >= 0.6 is 12.2 Å². The van der Waals surface area contributed by atoms with E-state index in [1.54, 1.807) is 6.20 Å². The van der Waals surface area contributed by atoms with Crippen molar-refractivity contribution in [1.82, 2.24) is 10.3 Å². The molecule has 3 rings (SSSR count). The van der Waals surface area contributed by atoms with E-state index in [4.69, 9.17) is 12.2 Å². The molecular formula is C17H15N3S. The summed E-state index contributed by atoms with van der Waals surface area (Å²) in [4.78, 5) is 4.36. The molecule has 3 nitrogen and oxygen atoms in total. The number of anilines is 1. The van der Waals surface area contributed by atoms with Gasteiger partial charge in [-0.15, -0.1) is 0 Å². The first-order chi connectivity index (χ1) is 10.3. The molecule has 104 valence electrons. The van der Waals surface area contributed by atoms with Crippen molar-refractivity contribution < 1.29 is 0 Å². The van der Waals surface area contributed by atoms with Gasteiger partial charge in [-0.2, -0.15) is 0 Å². The van der Waals surface area contributed by atoms with Crippen LogP contribution in [-0.4, -0.2) is 10.1 Å². The number of thiocarbonyl (C=S) groups is 1. The standard InChI is InChI=1S/C17H15N3S/c21-17(19-12-13-6-2-1-3-7-13)20-16-15-9-5-4-8-14(15)10-11-18-16/h1-11H,12H2,(H2,18,19,20,21). The molecule has 0 aliphatic carbocycles. The van der Waals surface area contributed by atoms with Crippen LogP contribution in [0.1, 0.15) is 5.56 Å². The summed E-state index contributed by atoms with van der Waals surface area (Å²) in [6.07, 6.45) is 1.78. The van der Waals surface area contributed by atoms with Crippen molar-refractivity contribution in [2.75, 3.05) is 5.32 Å². The van der Waals surface area contributed by atoms with Crippen LogP contribution in [0.25, 0.3) is 10.8 Å². The molecule has 1 heterocycles. The molecule has 4 heteroatoms. The van der Waals surface area contributed by atoms with Crippen molar-refractivity contribution in [3.8, 4) is 0 Å². The Morgan fingerprint density at radius 3 is 2.57 bits per heavy atom. The van der Waals surface area contributed by atoms with E-state index in [2.05, 4.69) is 33.8 Å². The summed E-state index contributed by atoms with van der Waals surface area (Å²) < 4.78 is 0. The second kappa shape index (κ2) is 6.33. The Morgan fingerprint density at radius 2 is 1.71 bits per heavy atom. The van der Waals surface area contributed by atoms with Crippen LogP contribution < -0.4 is 10.6 Å². The Kier molecular flexibility index (Phi) is 4.07. The van der Waals surface area contributed by atoms with Crippen molar-refractivity contribution >= 4 is 33.9 Å². The van der Waals surface area contributed by atoms with Gasteiger partial charge in [-0.3, -0.25) is 0 Å². The highest BCUT2D eigenvalue weighted by atomic mass is 32.1. The van der Waals surface area contributed by atoms with Gasteiger partial charge in [0.25, 0.3) is 0 Å². The highest BCUT2D eigenvalue weighted by molar-refractivity contribution is 7.80. The van der Waals surface area contributed by atoms with Gasteiger partial charge in [0.15, 0.2) is 5.11 Å². The lowest BCUT2D eigenvalue weighted by Gasteiger charge is -2.11. The van der Waals surface area contributed by atoms with Crippen LogP contribution in [0.3, 0.4) is 0 Å². The van der Waals surface area contributed by atoms with Crippen LogP contribution in [0.4, 0.5) is 5.82 Å². The minimum Gasteiger partial charge on any atom is -0.358 e. The molecule has 2 aromatic carbocycles. The Bertz CT molecular complexity index is 751. The molecule has 21 heavy (non-hydrogen) atoms. The SMILES string of the molecule is S=C(NCc1ccccc1)Nc1nccc2ccccc12. The molecule has 0 radical (unpaired) electrons. The van der Waals surface area contributed by atoms with Crippen LogP contribution in [-0.2, 0) is 6.54 Å². The van der Waals surface area contributed by atoms with Crippen LogP contribution in [0, 0.1) is 0 Å². The molecule has 0 amide bonds. The summed E-state index contributed by atoms with van der Waals surface area (Å²) in [5.41, 5.74) is 1.19. The van der Waals surface area contributed by atoms with E-state index >= 15 is 0 Å². The van der Waals surface area contributed by atoms with E-state index in [1.807, 2.05) is 42.5 Å². The number of rotatable bonds is 3. The van der Waals surface area contributed by atoms with Gasteiger partial charge in [0.2, 0.25) is 0 Å². The summed E-state index contributed by atoms with van der Waals surface area (Å²) in [6.45, 7) is 0.692. The minimum absolute atomic E-state index is 0.572. The van der Waals surface area contributed by atoms with E-state index in [1.165, 1.54) is 5.56 Å². The fourth-order valence-corrected chi connectivity index (χ4v) is 2.32. The Morgan fingerprint density at radius 1 is 0.952 bits per heavy atom. The molecule has 2 N–H and O–H groups in total. The van der Waals surface area contributed by atoms with Crippen molar-refractivity contribution in [1.29, 1.82) is 0 Å². The van der Waals surface area contributed by atoms with Gasteiger partial charge in [-0.25, -0.2) is 4.98 Å². The third-order valence-corrected chi connectivity index (χ3v) is 3.45. The highest BCUT2D eigenvalue weighted by Crippen LogP contribution is 2.20. The van der Waals surface area contributed by atoms with Gasteiger partial charge in [0.1, 0.15) is 5.82 Å². The summed E-state index contributed by atoms with van der Waals surface area (Å²) in [5, 5.41) is 9.13. The largest absolute Gasteiger partial charge is 0.358 e. The summed E-state index contributed by atoms with van der Waals surface area (Å²) in [7, 11) is 0. The van der Waals surface area contributed by atoms with Crippen LogP contribution in [0.15, 0.2) is 66.9 Å². The lowest BCUT2D eigenvalue weighted by atomic mass is 10.1. The zero-order chi connectivity index (χ0) is 14.5. The molecule has 3 aromatic rings. The second-order valence-electron chi connectivity index (χ2n) is 4.67. The third-order valence-electron chi connectivity index (χ3n) is 3.20. The first-order valence-electron chi connectivity index (χ1n) is 6.75. The van der Waals surface area contributed by atoms with Gasteiger partial charge in [-0.1, -0.05) is 54.6 Å². The molecule has 0 aliphatic heterocycles. The maximum absolute atomic E-state index is 5.34. The molecule has 1 aromatic heterocycles. The lowest BCUT2D eigenvalue weighted by molar-refractivity contribution is 0.925.